The number of rotatable bonds is 5. The van der Waals surface area contributed by atoms with Crippen molar-refractivity contribution in [2.45, 2.75) is 56.6 Å². The molecule has 4 aliphatic rings. The van der Waals surface area contributed by atoms with Crippen LogP contribution in [0.4, 0.5) is 0 Å². The topological polar surface area (TPSA) is 135 Å². The second-order valence-corrected chi connectivity index (χ2v) is 12.8. The lowest BCUT2D eigenvalue weighted by atomic mass is 9.96. The van der Waals surface area contributed by atoms with Gasteiger partial charge in [0, 0.05) is 64.3 Å². The molecule has 0 radical (unpaired) electrons. The van der Waals surface area contributed by atoms with Gasteiger partial charge in [-0.25, -0.2) is 4.68 Å². The SMILES string of the molecule is O=C1NC[C@H]2O[C@H](CCOc3ccccc3C(=O)N3CCN(Cc4ccccc4O)C[C@@H]13)CC[C@H]2n1cc(CN2CCOCC2)nn1. The highest BCUT2D eigenvalue weighted by Gasteiger charge is 2.39. The molecule has 2 aromatic carbocycles. The fraction of sp³-hybridized carbons (Fsp3) is 0.529. The summed E-state index contributed by atoms with van der Waals surface area (Å²) in [5.41, 5.74) is 2.11. The van der Waals surface area contributed by atoms with Crippen LogP contribution in [-0.4, -0.2) is 124 Å². The first-order valence-corrected chi connectivity index (χ1v) is 16.7. The molecule has 1 aromatic heterocycles. The minimum atomic E-state index is -0.748. The summed E-state index contributed by atoms with van der Waals surface area (Å²) < 4.78 is 20.2. The van der Waals surface area contributed by atoms with E-state index in [-0.39, 0.29) is 42.4 Å². The third kappa shape index (κ3) is 7.28. The number of ether oxygens (including phenoxy) is 3. The minimum Gasteiger partial charge on any atom is -0.508 e. The van der Waals surface area contributed by atoms with Gasteiger partial charge in [0.1, 0.15) is 17.5 Å². The monoisotopic (exact) mass is 645 g/mol. The standard InChI is InChI=1S/C34H43N7O6/c42-30-7-3-1-5-24(30)20-39-12-13-40-29(23-39)33(43)35-19-32-28(41-22-25(36-37-41)21-38-14-17-45-18-15-38)10-9-26(47-32)11-16-46-31-8-4-2-6-27(31)34(40)44/h1-8,22,26,28-29,32,42H,9-21,23H2,(H,35,43)/t26-,28+,29-,32+/m0/s1. The van der Waals surface area contributed by atoms with Gasteiger partial charge in [0.05, 0.1) is 55.5 Å². The van der Waals surface area contributed by atoms with Crippen molar-refractivity contribution in [1.82, 2.24) is 35.0 Å². The Morgan fingerprint density at radius 2 is 1.72 bits per heavy atom. The average Bonchev–Trinajstić information content (AvgIpc) is 3.56. The van der Waals surface area contributed by atoms with Gasteiger partial charge in [-0.05, 0) is 31.0 Å². The second kappa shape index (κ2) is 14.4. The van der Waals surface area contributed by atoms with E-state index >= 15 is 0 Å². The summed E-state index contributed by atoms with van der Waals surface area (Å²) in [6, 6.07) is 13.6. The van der Waals surface area contributed by atoms with E-state index in [9.17, 15) is 14.7 Å². The van der Waals surface area contributed by atoms with E-state index in [4.69, 9.17) is 14.2 Å². The van der Waals surface area contributed by atoms with Crippen molar-refractivity contribution in [2.75, 3.05) is 59.1 Å². The first kappa shape index (κ1) is 31.6. The van der Waals surface area contributed by atoms with Crippen LogP contribution >= 0.6 is 0 Å². The van der Waals surface area contributed by atoms with Gasteiger partial charge in [0.25, 0.3) is 5.91 Å². The second-order valence-electron chi connectivity index (χ2n) is 12.8. The van der Waals surface area contributed by atoms with Crippen LogP contribution in [0.1, 0.15) is 46.9 Å². The molecule has 0 saturated carbocycles. The predicted octanol–water partition coefficient (Wildman–Crippen LogP) is 1.83. The maximum Gasteiger partial charge on any atom is 0.258 e. The number of amides is 2. The number of nitrogens with one attached hydrogen (secondary N) is 1. The normalized spacial score (nSPS) is 26.4. The average molecular weight is 646 g/mol. The molecule has 3 fully saturated rings. The quantitative estimate of drug-likeness (QED) is 0.423. The summed E-state index contributed by atoms with van der Waals surface area (Å²) in [5, 5.41) is 22.5. The number of carbonyl (C=O) groups is 2. The zero-order valence-corrected chi connectivity index (χ0v) is 26.6. The fourth-order valence-corrected chi connectivity index (χ4v) is 7.06. The van der Waals surface area contributed by atoms with Crippen LogP contribution < -0.4 is 10.1 Å². The lowest BCUT2D eigenvalue weighted by molar-refractivity contribution is -0.130. The number of piperazine rings is 1. The summed E-state index contributed by atoms with van der Waals surface area (Å²) in [6.45, 7) is 6.27. The van der Waals surface area contributed by atoms with Crippen molar-refractivity contribution in [1.29, 1.82) is 0 Å². The first-order valence-electron chi connectivity index (χ1n) is 16.7. The third-order valence-corrected chi connectivity index (χ3v) is 9.67. The highest BCUT2D eigenvalue weighted by molar-refractivity contribution is 6.00. The van der Waals surface area contributed by atoms with Gasteiger partial charge in [-0.15, -0.1) is 5.10 Å². The third-order valence-electron chi connectivity index (χ3n) is 9.67. The number of aromatic hydroxyl groups is 1. The minimum absolute atomic E-state index is 0.0597. The molecular weight excluding hydrogens is 602 g/mol. The molecular formula is C34H43N7O6. The number of para-hydroxylation sites is 2. The first-order chi connectivity index (χ1) is 23.0. The molecule has 7 rings (SSSR count). The largest absolute Gasteiger partial charge is 0.508 e. The van der Waals surface area contributed by atoms with Crippen molar-refractivity contribution >= 4 is 11.8 Å². The van der Waals surface area contributed by atoms with Gasteiger partial charge in [-0.1, -0.05) is 35.5 Å². The zero-order chi connectivity index (χ0) is 32.2. The molecule has 2 amide bonds. The number of fused-ring (bicyclic) bond motifs is 4. The number of benzene rings is 2. The Hall–Kier alpha value is -4.04. The van der Waals surface area contributed by atoms with Crippen LogP contribution in [-0.2, 0) is 27.4 Å². The van der Waals surface area contributed by atoms with Gasteiger partial charge in [0.2, 0.25) is 5.91 Å². The van der Waals surface area contributed by atoms with Gasteiger partial charge in [-0.3, -0.25) is 19.4 Å². The molecule has 4 atom stereocenters. The van der Waals surface area contributed by atoms with Gasteiger partial charge >= 0.3 is 0 Å². The van der Waals surface area contributed by atoms with Crippen molar-refractivity contribution in [3.63, 3.8) is 0 Å². The molecule has 2 bridgehead atoms. The van der Waals surface area contributed by atoms with Gasteiger partial charge in [0.15, 0.2) is 0 Å². The van der Waals surface area contributed by atoms with Crippen LogP contribution in [0.2, 0.25) is 0 Å². The van der Waals surface area contributed by atoms with E-state index in [0.29, 0.717) is 57.1 Å². The molecule has 250 valence electrons. The maximum absolute atomic E-state index is 14.1. The Morgan fingerprint density at radius 1 is 0.894 bits per heavy atom. The molecule has 13 nitrogen and oxygen atoms in total. The molecule has 3 aromatic rings. The van der Waals surface area contributed by atoms with Crippen molar-refractivity contribution in [2.24, 2.45) is 0 Å². The van der Waals surface area contributed by atoms with Crippen LogP contribution in [0.15, 0.2) is 54.7 Å². The molecule has 3 saturated heterocycles. The van der Waals surface area contributed by atoms with Crippen LogP contribution in [0.3, 0.4) is 0 Å². The predicted molar refractivity (Wildman–Crippen MR) is 171 cm³/mol. The van der Waals surface area contributed by atoms with E-state index in [1.54, 1.807) is 23.1 Å². The number of hydrogen-bond acceptors (Lipinski definition) is 10. The molecule has 13 heteroatoms. The number of aromatic nitrogens is 3. The zero-order valence-electron chi connectivity index (χ0n) is 26.6. The summed E-state index contributed by atoms with van der Waals surface area (Å²) in [4.78, 5) is 34.2. The van der Waals surface area contributed by atoms with Crippen molar-refractivity contribution in [3.05, 3.63) is 71.5 Å². The molecule has 5 heterocycles. The summed E-state index contributed by atoms with van der Waals surface area (Å²) in [5.74, 6) is 0.242. The van der Waals surface area contributed by atoms with Crippen molar-refractivity contribution < 1.29 is 28.9 Å². The number of phenols is 1. The Balaban J connectivity index is 1.12. The van der Waals surface area contributed by atoms with E-state index in [1.165, 1.54) is 0 Å². The molecule has 0 aliphatic carbocycles. The van der Waals surface area contributed by atoms with E-state index in [2.05, 4.69) is 25.4 Å². The molecule has 0 spiro atoms. The van der Waals surface area contributed by atoms with Crippen LogP contribution in [0, 0.1) is 0 Å². The highest BCUT2D eigenvalue weighted by Crippen LogP contribution is 2.31. The number of morpholine rings is 1. The molecule has 0 unspecified atom stereocenters. The Morgan fingerprint density at radius 3 is 2.60 bits per heavy atom. The van der Waals surface area contributed by atoms with E-state index < -0.39 is 6.04 Å². The molecule has 47 heavy (non-hydrogen) atoms. The van der Waals surface area contributed by atoms with E-state index in [1.807, 2.05) is 41.2 Å². The fourth-order valence-electron chi connectivity index (χ4n) is 7.06. The lowest BCUT2D eigenvalue weighted by Crippen LogP contribution is -2.61. The Kier molecular flexibility index (Phi) is 9.66. The maximum atomic E-state index is 14.1. The summed E-state index contributed by atoms with van der Waals surface area (Å²) in [7, 11) is 0. The highest BCUT2D eigenvalue weighted by atomic mass is 16.5. The van der Waals surface area contributed by atoms with Crippen molar-refractivity contribution in [3.8, 4) is 11.5 Å². The Labute approximate surface area is 274 Å². The molecule has 4 aliphatic heterocycles. The van der Waals surface area contributed by atoms with E-state index in [0.717, 1.165) is 50.4 Å². The van der Waals surface area contributed by atoms with Gasteiger partial charge in [-0.2, -0.15) is 0 Å². The van der Waals surface area contributed by atoms with Gasteiger partial charge < -0.3 is 29.5 Å². The number of phenolic OH excluding ortho intramolecular Hbond substituents is 1. The molecule has 2 N–H and O–H groups in total. The number of nitrogens with zero attached hydrogens (tertiary/aromatic N) is 6. The lowest BCUT2D eigenvalue weighted by Gasteiger charge is -2.41. The van der Waals surface area contributed by atoms with Crippen LogP contribution in [0.25, 0.3) is 0 Å². The summed E-state index contributed by atoms with van der Waals surface area (Å²) in [6.07, 6.45) is 3.90. The van der Waals surface area contributed by atoms with Crippen LogP contribution in [0.5, 0.6) is 11.5 Å². The summed E-state index contributed by atoms with van der Waals surface area (Å²) >= 11 is 0. The Bertz CT molecular complexity index is 1540. The smallest absolute Gasteiger partial charge is 0.258 e. The number of hydrogen-bond donors (Lipinski definition) is 2. The number of carbonyl (C=O) groups excluding carboxylic acids is 2.